The molecule has 0 saturated carbocycles. The minimum absolute atomic E-state index is 0.252. The molecule has 6 heteroatoms. The summed E-state index contributed by atoms with van der Waals surface area (Å²) in [7, 11) is 1.31. The van der Waals surface area contributed by atoms with E-state index >= 15 is 0 Å². The van der Waals surface area contributed by atoms with Crippen molar-refractivity contribution in [1.82, 2.24) is 9.80 Å². The van der Waals surface area contributed by atoms with Gasteiger partial charge in [0.1, 0.15) is 11.6 Å². The smallest absolute Gasteiger partial charge is 0.411 e. The fourth-order valence-corrected chi connectivity index (χ4v) is 1.76. The van der Waals surface area contributed by atoms with Crippen LogP contribution < -0.4 is 0 Å². The molecule has 1 rings (SSSR count). The van der Waals surface area contributed by atoms with Crippen LogP contribution in [0.5, 0.6) is 0 Å². The maximum Gasteiger partial charge on any atom is 0.411 e. The first-order valence-electron chi connectivity index (χ1n) is 6.07. The third-order valence-electron chi connectivity index (χ3n) is 2.63. The van der Waals surface area contributed by atoms with Crippen LogP contribution in [-0.4, -0.2) is 60.4 Å². The second kappa shape index (κ2) is 5.83. The van der Waals surface area contributed by atoms with Gasteiger partial charge in [0, 0.05) is 13.1 Å². The van der Waals surface area contributed by atoms with Gasteiger partial charge in [-0.15, -0.1) is 6.42 Å². The number of amides is 2. The minimum Gasteiger partial charge on any atom is -0.453 e. The van der Waals surface area contributed by atoms with Gasteiger partial charge in [0.05, 0.1) is 13.7 Å². The lowest BCUT2D eigenvalue weighted by Crippen LogP contribution is -2.56. The molecule has 0 aliphatic carbocycles. The Kier molecular flexibility index (Phi) is 4.65. The molecule has 6 nitrogen and oxygen atoms in total. The Labute approximate surface area is 113 Å². The van der Waals surface area contributed by atoms with Gasteiger partial charge in [-0.2, -0.15) is 0 Å². The van der Waals surface area contributed by atoms with Gasteiger partial charge in [-0.1, -0.05) is 5.92 Å². The van der Waals surface area contributed by atoms with Gasteiger partial charge in [0.25, 0.3) is 0 Å². The number of rotatable bonds is 0. The zero-order valence-corrected chi connectivity index (χ0v) is 11.8. The fourth-order valence-electron chi connectivity index (χ4n) is 1.76. The van der Waals surface area contributed by atoms with Crippen LogP contribution in [0.4, 0.5) is 9.59 Å². The number of carbonyl (C=O) groups is 2. The third-order valence-corrected chi connectivity index (χ3v) is 2.63. The molecule has 0 bridgehead atoms. The van der Waals surface area contributed by atoms with Gasteiger partial charge in [-0.3, -0.25) is 4.90 Å². The van der Waals surface area contributed by atoms with Crippen molar-refractivity contribution in [2.75, 3.05) is 26.7 Å². The van der Waals surface area contributed by atoms with E-state index in [9.17, 15) is 9.59 Å². The van der Waals surface area contributed by atoms with Crippen molar-refractivity contribution in [1.29, 1.82) is 0 Å². The highest BCUT2D eigenvalue weighted by molar-refractivity contribution is 5.71. The monoisotopic (exact) mass is 268 g/mol. The average molecular weight is 268 g/mol. The largest absolute Gasteiger partial charge is 0.453 e. The van der Waals surface area contributed by atoms with Crippen LogP contribution in [0, 0.1) is 12.3 Å². The fraction of sp³-hybridized carbons (Fsp3) is 0.692. The molecule has 1 aliphatic heterocycles. The lowest BCUT2D eigenvalue weighted by atomic mass is 10.2. The predicted molar refractivity (Wildman–Crippen MR) is 69.5 cm³/mol. The molecule has 0 N–H and O–H groups in total. The normalized spacial score (nSPS) is 19.6. The average Bonchev–Trinajstić information content (AvgIpc) is 2.34. The van der Waals surface area contributed by atoms with Crippen LogP contribution in [-0.2, 0) is 9.47 Å². The van der Waals surface area contributed by atoms with Crippen LogP contribution in [0.3, 0.4) is 0 Å². The Bertz CT molecular complexity index is 394. The molecule has 1 aliphatic rings. The number of ether oxygens (including phenoxy) is 2. The number of hydrogen-bond acceptors (Lipinski definition) is 4. The van der Waals surface area contributed by atoms with E-state index in [2.05, 4.69) is 10.7 Å². The van der Waals surface area contributed by atoms with E-state index in [1.165, 1.54) is 16.9 Å². The molecular formula is C13H20N2O4. The van der Waals surface area contributed by atoms with Crippen LogP contribution in [0.2, 0.25) is 0 Å². The Balaban J connectivity index is 2.70. The number of hydrogen-bond donors (Lipinski definition) is 0. The summed E-state index contributed by atoms with van der Waals surface area (Å²) in [6.07, 6.45) is 4.52. The Hall–Kier alpha value is -1.90. The third kappa shape index (κ3) is 4.05. The quantitative estimate of drug-likeness (QED) is 0.621. The number of piperazine rings is 1. The van der Waals surface area contributed by atoms with E-state index in [0.29, 0.717) is 13.1 Å². The first-order valence-corrected chi connectivity index (χ1v) is 6.07. The molecule has 0 aromatic rings. The van der Waals surface area contributed by atoms with E-state index in [0.717, 1.165) is 0 Å². The van der Waals surface area contributed by atoms with Crippen molar-refractivity contribution in [2.24, 2.45) is 0 Å². The Morgan fingerprint density at radius 2 is 1.89 bits per heavy atom. The van der Waals surface area contributed by atoms with E-state index < -0.39 is 23.8 Å². The molecule has 0 radical (unpaired) electrons. The molecule has 1 fully saturated rings. The summed E-state index contributed by atoms with van der Waals surface area (Å²) >= 11 is 0. The number of carbonyl (C=O) groups excluding carboxylic acids is 2. The first kappa shape index (κ1) is 15.2. The first-order chi connectivity index (χ1) is 8.78. The summed E-state index contributed by atoms with van der Waals surface area (Å²) in [5.74, 6) is 2.51. The highest BCUT2D eigenvalue weighted by Gasteiger charge is 2.34. The van der Waals surface area contributed by atoms with Gasteiger partial charge in [0.15, 0.2) is 0 Å². The van der Waals surface area contributed by atoms with Crippen molar-refractivity contribution in [3.05, 3.63) is 0 Å². The zero-order valence-electron chi connectivity index (χ0n) is 11.8. The zero-order chi connectivity index (χ0) is 14.6. The lowest BCUT2D eigenvalue weighted by Gasteiger charge is -2.38. The summed E-state index contributed by atoms with van der Waals surface area (Å²) in [5, 5.41) is 0. The van der Waals surface area contributed by atoms with Gasteiger partial charge in [0.2, 0.25) is 0 Å². The second-order valence-corrected chi connectivity index (χ2v) is 5.27. The van der Waals surface area contributed by atoms with E-state index in [1.807, 2.05) is 0 Å². The number of methoxy groups -OCH3 is 1. The van der Waals surface area contributed by atoms with Crippen LogP contribution >= 0.6 is 0 Å². The molecule has 0 spiro atoms. The molecule has 2 amide bonds. The van der Waals surface area contributed by atoms with Crippen LogP contribution in [0.1, 0.15) is 20.8 Å². The van der Waals surface area contributed by atoms with E-state index in [4.69, 9.17) is 11.2 Å². The van der Waals surface area contributed by atoms with Crippen molar-refractivity contribution in [2.45, 2.75) is 32.4 Å². The van der Waals surface area contributed by atoms with Crippen molar-refractivity contribution in [3.63, 3.8) is 0 Å². The highest BCUT2D eigenvalue weighted by atomic mass is 16.6. The van der Waals surface area contributed by atoms with E-state index in [1.54, 1.807) is 20.8 Å². The van der Waals surface area contributed by atoms with Crippen LogP contribution in [0.15, 0.2) is 0 Å². The Morgan fingerprint density at radius 1 is 1.26 bits per heavy atom. The summed E-state index contributed by atoms with van der Waals surface area (Å²) in [4.78, 5) is 26.4. The summed E-state index contributed by atoms with van der Waals surface area (Å²) in [6, 6.07) is -0.498. The summed E-state index contributed by atoms with van der Waals surface area (Å²) in [5.41, 5.74) is -0.574. The highest BCUT2D eigenvalue weighted by Crippen LogP contribution is 2.16. The molecule has 1 atom stereocenters. The minimum atomic E-state index is -0.574. The van der Waals surface area contributed by atoms with Gasteiger partial charge in [-0.25, -0.2) is 9.59 Å². The summed E-state index contributed by atoms with van der Waals surface area (Å²) < 4.78 is 9.93. The molecule has 1 heterocycles. The van der Waals surface area contributed by atoms with Gasteiger partial charge >= 0.3 is 12.2 Å². The van der Waals surface area contributed by atoms with Gasteiger partial charge < -0.3 is 14.4 Å². The van der Waals surface area contributed by atoms with Crippen molar-refractivity contribution < 1.29 is 19.1 Å². The molecule has 19 heavy (non-hydrogen) atoms. The van der Waals surface area contributed by atoms with Crippen LogP contribution in [0.25, 0.3) is 0 Å². The SMILES string of the molecule is C#C[C@H]1CN(C(=O)OC)CCN1C(=O)OC(C)(C)C. The topological polar surface area (TPSA) is 59.1 Å². The second-order valence-electron chi connectivity index (χ2n) is 5.27. The maximum atomic E-state index is 12.0. The Morgan fingerprint density at radius 3 is 2.37 bits per heavy atom. The molecule has 0 aromatic heterocycles. The lowest BCUT2D eigenvalue weighted by molar-refractivity contribution is 0.00652. The van der Waals surface area contributed by atoms with E-state index in [-0.39, 0.29) is 6.54 Å². The summed E-state index contributed by atoms with van der Waals surface area (Å²) in [6.45, 7) is 6.34. The molecule has 106 valence electrons. The standard InChI is InChI=1S/C13H20N2O4/c1-6-10-9-14(11(16)18-5)7-8-15(10)12(17)19-13(2,3)4/h1,10H,7-9H2,2-5H3/t10-/m0/s1. The number of terminal acetylenes is 1. The molecular weight excluding hydrogens is 248 g/mol. The molecule has 0 aromatic carbocycles. The molecule has 1 saturated heterocycles. The van der Waals surface area contributed by atoms with Crippen molar-refractivity contribution >= 4 is 12.2 Å². The predicted octanol–water partition coefficient (Wildman–Crippen LogP) is 1.31. The van der Waals surface area contributed by atoms with Gasteiger partial charge in [-0.05, 0) is 20.8 Å². The molecule has 0 unspecified atom stereocenters. The van der Waals surface area contributed by atoms with Crippen molar-refractivity contribution in [3.8, 4) is 12.3 Å². The maximum absolute atomic E-state index is 12.0. The number of nitrogens with zero attached hydrogens (tertiary/aromatic N) is 2.